The van der Waals surface area contributed by atoms with Gasteiger partial charge in [-0.2, -0.15) is 0 Å². The van der Waals surface area contributed by atoms with E-state index >= 15 is 0 Å². The van der Waals surface area contributed by atoms with Gasteiger partial charge in [-0.15, -0.1) is 0 Å². The third kappa shape index (κ3) is 1.67. The summed E-state index contributed by atoms with van der Waals surface area (Å²) in [7, 11) is 0. The fourth-order valence-electron chi connectivity index (χ4n) is 2.71. The molecule has 2 aromatic heterocycles. The van der Waals surface area contributed by atoms with Crippen molar-refractivity contribution in [1.29, 1.82) is 0 Å². The van der Waals surface area contributed by atoms with Crippen LogP contribution in [0.2, 0.25) is 0 Å². The first kappa shape index (κ1) is 10.5. The molecule has 5 heteroatoms. The molecule has 0 radical (unpaired) electrons. The van der Waals surface area contributed by atoms with Crippen molar-refractivity contribution >= 4 is 17.0 Å². The topological polar surface area (TPSA) is 77.0 Å². The van der Waals surface area contributed by atoms with Crippen molar-refractivity contribution in [2.24, 2.45) is 0 Å². The van der Waals surface area contributed by atoms with Crippen LogP contribution in [0.4, 0.5) is 5.95 Å². The Morgan fingerprint density at radius 2 is 2.18 bits per heavy atom. The summed E-state index contributed by atoms with van der Waals surface area (Å²) in [6.07, 6.45) is 7.13. The standard InChI is InChI=1S/C12H16N4O/c13-12-15-8-7-14-6-5-9(8)16(12)10-3-1-2-4-11(10)17/h5-7,10-11,17H,1-4H2,(H2,13,15). The smallest absolute Gasteiger partial charge is 0.201 e. The molecule has 17 heavy (non-hydrogen) atoms. The summed E-state index contributed by atoms with van der Waals surface area (Å²) < 4.78 is 1.96. The van der Waals surface area contributed by atoms with E-state index in [-0.39, 0.29) is 12.1 Å². The van der Waals surface area contributed by atoms with Gasteiger partial charge >= 0.3 is 0 Å². The number of rotatable bonds is 1. The van der Waals surface area contributed by atoms with Gasteiger partial charge in [-0.05, 0) is 18.9 Å². The SMILES string of the molecule is Nc1nc2cnccc2n1C1CCCCC1O. The zero-order valence-corrected chi connectivity index (χ0v) is 9.58. The highest BCUT2D eigenvalue weighted by molar-refractivity contribution is 5.77. The lowest BCUT2D eigenvalue weighted by Crippen LogP contribution is -2.28. The van der Waals surface area contributed by atoms with Crippen LogP contribution in [0.15, 0.2) is 18.5 Å². The molecule has 2 atom stereocenters. The molecule has 3 rings (SSSR count). The fourth-order valence-corrected chi connectivity index (χ4v) is 2.71. The lowest BCUT2D eigenvalue weighted by atomic mass is 9.92. The minimum atomic E-state index is -0.323. The number of aliphatic hydroxyl groups is 1. The molecule has 5 nitrogen and oxygen atoms in total. The van der Waals surface area contributed by atoms with Gasteiger partial charge in [0.25, 0.3) is 0 Å². The van der Waals surface area contributed by atoms with Gasteiger partial charge in [-0.3, -0.25) is 4.98 Å². The summed E-state index contributed by atoms with van der Waals surface area (Å²) in [4.78, 5) is 8.33. The van der Waals surface area contributed by atoms with E-state index in [9.17, 15) is 5.11 Å². The molecule has 0 spiro atoms. The van der Waals surface area contributed by atoms with E-state index in [1.807, 2.05) is 10.6 Å². The van der Waals surface area contributed by atoms with E-state index in [0.29, 0.717) is 5.95 Å². The average molecular weight is 232 g/mol. The predicted octanol–water partition coefficient (Wildman–Crippen LogP) is 1.49. The highest BCUT2D eigenvalue weighted by Crippen LogP contribution is 2.33. The normalized spacial score (nSPS) is 25.2. The number of nitrogen functional groups attached to an aromatic ring is 1. The minimum absolute atomic E-state index is 0.0520. The van der Waals surface area contributed by atoms with Crippen LogP contribution < -0.4 is 5.73 Å². The number of anilines is 1. The summed E-state index contributed by atoms with van der Waals surface area (Å²) in [5.74, 6) is 0.471. The van der Waals surface area contributed by atoms with Crippen molar-refractivity contribution in [3.8, 4) is 0 Å². The molecule has 0 aromatic carbocycles. The molecule has 0 saturated heterocycles. The van der Waals surface area contributed by atoms with Crippen LogP contribution in [0.1, 0.15) is 31.7 Å². The van der Waals surface area contributed by atoms with Gasteiger partial charge in [-0.25, -0.2) is 4.98 Å². The van der Waals surface area contributed by atoms with Gasteiger partial charge in [-0.1, -0.05) is 12.8 Å². The van der Waals surface area contributed by atoms with Crippen LogP contribution in [0.3, 0.4) is 0 Å². The molecule has 0 bridgehead atoms. The molecule has 2 heterocycles. The Morgan fingerprint density at radius 1 is 1.35 bits per heavy atom. The first-order valence-corrected chi connectivity index (χ1v) is 6.03. The van der Waals surface area contributed by atoms with Gasteiger partial charge in [0.05, 0.1) is 23.9 Å². The molecule has 1 aliphatic carbocycles. The van der Waals surface area contributed by atoms with Crippen LogP contribution in [0, 0.1) is 0 Å². The number of hydrogen-bond acceptors (Lipinski definition) is 4. The van der Waals surface area contributed by atoms with E-state index in [1.165, 1.54) is 0 Å². The zero-order valence-electron chi connectivity index (χ0n) is 9.58. The third-order valence-electron chi connectivity index (χ3n) is 3.54. The Kier molecular flexibility index (Phi) is 2.48. The summed E-state index contributed by atoms with van der Waals surface area (Å²) >= 11 is 0. The average Bonchev–Trinajstić information content (AvgIpc) is 2.66. The number of hydrogen-bond donors (Lipinski definition) is 2. The van der Waals surface area contributed by atoms with E-state index in [0.717, 1.165) is 36.7 Å². The van der Waals surface area contributed by atoms with Crippen LogP contribution in [0.25, 0.3) is 11.0 Å². The third-order valence-corrected chi connectivity index (χ3v) is 3.54. The van der Waals surface area contributed by atoms with Crippen molar-refractivity contribution in [3.63, 3.8) is 0 Å². The Hall–Kier alpha value is -1.62. The number of aromatic nitrogens is 3. The summed E-state index contributed by atoms with van der Waals surface area (Å²) in [5, 5.41) is 10.1. The van der Waals surface area contributed by atoms with Gasteiger partial charge in [0.2, 0.25) is 5.95 Å². The van der Waals surface area contributed by atoms with Crippen LogP contribution in [-0.2, 0) is 0 Å². The first-order valence-electron chi connectivity index (χ1n) is 6.03. The summed E-state index contributed by atoms with van der Waals surface area (Å²) in [5.41, 5.74) is 7.72. The predicted molar refractivity (Wildman–Crippen MR) is 65.5 cm³/mol. The van der Waals surface area contributed by atoms with E-state index < -0.39 is 0 Å². The minimum Gasteiger partial charge on any atom is -0.391 e. The second-order valence-corrected chi connectivity index (χ2v) is 4.62. The lowest BCUT2D eigenvalue weighted by Gasteiger charge is -2.29. The molecule has 2 aromatic rings. The van der Waals surface area contributed by atoms with Crippen molar-refractivity contribution in [2.45, 2.75) is 37.8 Å². The van der Waals surface area contributed by atoms with Crippen molar-refractivity contribution in [3.05, 3.63) is 18.5 Å². The maximum Gasteiger partial charge on any atom is 0.201 e. The number of nitrogens with two attached hydrogens (primary N) is 1. The highest BCUT2D eigenvalue weighted by atomic mass is 16.3. The Morgan fingerprint density at radius 3 is 3.00 bits per heavy atom. The molecule has 0 amide bonds. The number of fused-ring (bicyclic) bond motifs is 1. The maximum atomic E-state index is 10.1. The maximum absolute atomic E-state index is 10.1. The molecule has 1 fully saturated rings. The molecular weight excluding hydrogens is 216 g/mol. The molecule has 1 saturated carbocycles. The monoisotopic (exact) mass is 232 g/mol. The van der Waals surface area contributed by atoms with Crippen LogP contribution in [0.5, 0.6) is 0 Å². The first-order chi connectivity index (χ1) is 8.27. The molecule has 1 aliphatic rings. The van der Waals surface area contributed by atoms with Crippen molar-refractivity contribution in [2.75, 3.05) is 5.73 Å². The highest BCUT2D eigenvalue weighted by Gasteiger charge is 2.27. The molecule has 3 N–H and O–H groups in total. The molecular formula is C12H16N4O. The van der Waals surface area contributed by atoms with E-state index in [4.69, 9.17) is 5.73 Å². The second-order valence-electron chi connectivity index (χ2n) is 4.62. The van der Waals surface area contributed by atoms with Crippen LogP contribution in [-0.4, -0.2) is 25.7 Å². The van der Waals surface area contributed by atoms with Crippen molar-refractivity contribution < 1.29 is 5.11 Å². The van der Waals surface area contributed by atoms with Gasteiger partial charge in [0.1, 0.15) is 5.52 Å². The fraction of sp³-hybridized carbons (Fsp3) is 0.500. The largest absolute Gasteiger partial charge is 0.391 e. The van der Waals surface area contributed by atoms with Gasteiger partial charge in [0, 0.05) is 6.20 Å². The number of pyridine rings is 1. The van der Waals surface area contributed by atoms with E-state index in [1.54, 1.807) is 12.4 Å². The van der Waals surface area contributed by atoms with Gasteiger partial charge < -0.3 is 15.4 Å². The summed E-state index contributed by atoms with van der Waals surface area (Å²) in [6, 6.07) is 1.95. The molecule has 2 unspecified atom stereocenters. The van der Waals surface area contributed by atoms with Gasteiger partial charge in [0.15, 0.2) is 0 Å². The molecule has 0 aliphatic heterocycles. The Balaban J connectivity index is 2.12. The van der Waals surface area contributed by atoms with E-state index in [2.05, 4.69) is 9.97 Å². The number of imidazole rings is 1. The zero-order chi connectivity index (χ0) is 11.8. The number of nitrogens with zero attached hydrogens (tertiary/aromatic N) is 3. The Bertz CT molecular complexity index is 536. The van der Waals surface area contributed by atoms with Crippen LogP contribution >= 0.6 is 0 Å². The quantitative estimate of drug-likeness (QED) is 0.781. The lowest BCUT2D eigenvalue weighted by molar-refractivity contribution is 0.0783. The summed E-state index contributed by atoms with van der Waals surface area (Å²) in [6.45, 7) is 0. The van der Waals surface area contributed by atoms with Crippen molar-refractivity contribution in [1.82, 2.24) is 14.5 Å². The Labute approximate surface area is 99.3 Å². The second kappa shape index (κ2) is 4.00. The molecule has 90 valence electrons. The number of aliphatic hydroxyl groups excluding tert-OH is 1.